The fraction of sp³-hybridized carbons (Fsp3) is 0.167. The standard InChI is InChI=1S/C10H11ClN2O.C8H6N2O2/c1-2-5-13-8-4-3-7(6-12)9(11)10(8)14;11-7-3-1-2-6(4-7)8-10-9-5-12-8/h3-4,13-14H,2,5H2,1H3;1-5,11H. The van der Waals surface area contributed by atoms with E-state index in [0.29, 0.717) is 17.1 Å². The van der Waals surface area contributed by atoms with Crippen molar-refractivity contribution in [3.05, 3.63) is 53.4 Å². The van der Waals surface area contributed by atoms with E-state index in [4.69, 9.17) is 26.4 Å². The highest BCUT2D eigenvalue weighted by Gasteiger charge is 2.09. The summed E-state index contributed by atoms with van der Waals surface area (Å²) in [7, 11) is 0. The summed E-state index contributed by atoms with van der Waals surface area (Å²) in [6.07, 6.45) is 2.20. The molecule has 0 aliphatic rings. The zero-order valence-corrected chi connectivity index (χ0v) is 14.7. The highest BCUT2D eigenvalue weighted by atomic mass is 35.5. The van der Waals surface area contributed by atoms with Gasteiger partial charge >= 0.3 is 0 Å². The molecule has 134 valence electrons. The number of nitrogens with zero attached hydrogens (tertiary/aromatic N) is 3. The van der Waals surface area contributed by atoms with Crippen molar-refractivity contribution < 1.29 is 14.6 Å². The van der Waals surface area contributed by atoms with Gasteiger partial charge in [-0.2, -0.15) is 5.26 Å². The number of phenols is 2. The Morgan fingerprint density at radius 1 is 1.27 bits per heavy atom. The molecule has 3 N–H and O–H groups in total. The Morgan fingerprint density at radius 3 is 2.69 bits per heavy atom. The van der Waals surface area contributed by atoms with E-state index in [0.717, 1.165) is 13.0 Å². The van der Waals surface area contributed by atoms with Crippen LogP contribution in [0.2, 0.25) is 5.02 Å². The van der Waals surface area contributed by atoms with E-state index in [1.165, 1.54) is 6.39 Å². The Kier molecular flexibility index (Phi) is 6.83. The van der Waals surface area contributed by atoms with Crippen LogP contribution in [-0.2, 0) is 0 Å². The van der Waals surface area contributed by atoms with Crippen LogP contribution in [0, 0.1) is 11.3 Å². The van der Waals surface area contributed by atoms with E-state index >= 15 is 0 Å². The van der Waals surface area contributed by atoms with Gasteiger partial charge in [-0.05, 0) is 36.8 Å². The molecule has 1 aromatic heterocycles. The number of rotatable bonds is 4. The van der Waals surface area contributed by atoms with Gasteiger partial charge in [0.2, 0.25) is 12.3 Å². The highest BCUT2D eigenvalue weighted by Crippen LogP contribution is 2.34. The number of nitriles is 1. The number of halogens is 1. The lowest BCUT2D eigenvalue weighted by molar-refractivity contribution is 0.475. The number of aromatic hydroxyl groups is 2. The number of hydrogen-bond acceptors (Lipinski definition) is 7. The SMILES string of the molecule is CCCNc1ccc(C#N)c(Cl)c1O.Oc1cccc(-c2nnco2)c1. The van der Waals surface area contributed by atoms with Gasteiger partial charge in [0.25, 0.3) is 0 Å². The first-order valence-electron chi connectivity index (χ1n) is 7.77. The molecule has 0 atom stereocenters. The summed E-state index contributed by atoms with van der Waals surface area (Å²) >= 11 is 5.76. The van der Waals surface area contributed by atoms with Crippen molar-refractivity contribution in [3.8, 4) is 29.0 Å². The van der Waals surface area contributed by atoms with Gasteiger partial charge in [-0.3, -0.25) is 0 Å². The lowest BCUT2D eigenvalue weighted by atomic mass is 10.2. The average molecular weight is 373 g/mol. The summed E-state index contributed by atoms with van der Waals surface area (Å²) in [6.45, 7) is 2.78. The number of aromatic nitrogens is 2. The summed E-state index contributed by atoms with van der Waals surface area (Å²) in [6, 6.07) is 11.8. The molecule has 0 saturated carbocycles. The minimum Gasteiger partial charge on any atom is -0.508 e. The van der Waals surface area contributed by atoms with Crippen molar-refractivity contribution in [1.29, 1.82) is 5.26 Å². The van der Waals surface area contributed by atoms with Crippen LogP contribution < -0.4 is 5.32 Å². The van der Waals surface area contributed by atoms with Gasteiger partial charge in [0, 0.05) is 12.1 Å². The molecular weight excluding hydrogens is 356 g/mol. The number of benzene rings is 2. The van der Waals surface area contributed by atoms with Crippen molar-refractivity contribution in [3.63, 3.8) is 0 Å². The molecule has 0 aliphatic carbocycles. The van der Waals surface area contributed by atoms with E-state index in [-0.39, 0.29) is 22.1 Å². The zero-order chi connectivity index (χ0) is 18.9. The molecule has 0 bridgehead atoms. The average Bonchev–Trinajstić information content (AvgIpc) is 3.18. The van der Waals surface area contributed by atoms with Gasteiger partial charge in [0.05, 0.1) is 11.3 Å². The van der Waals surface area contributed by atoms with E-state index in [1.807, 2.05) is 13.0 Å². The Morgan fingerprint density at radius 2 is 2.08 bits per heavy atom. The molecule has 7 nitrogen and oxygen atoms in total. The normalized spacial score (nSPS) is 9.73. The van der Waals surface area contributed by atoms with Crippen LogP contribution in [0.1, 0.15) is 18.9 Å². The fourth-order valence-electron chi connectivity index (χ4n) is 1.99. The number of phenolic OH excluding ortho intramolecular Hbond substituents is 2. The van der Waals surface area contributed by atoms with Gasteiger partial charge in [0.15, 0.2) is 5.75 Å². The molecule has 0 radical (unpaired) electrons. The van der Waals surface area contributed by atoms with Crippen molar-refractivity contribution in [2.45, 2.75) is 13.3 Å². The summed E-state index contributed by atoms with van der Waals surface area (Å²) in [5.41, 5.74) is 1.56. The van der Waals surface area contributed by atoms with Crippen LogP contribution >= 0.6 is 11.6 Å². The fourth-order valence-corrected chi connectivity index (χ4v) is 2.20. The molecule has 0 spiro atoms. The monoisotopic (exact) mass is 372 g/mol. The summed E-state index contributed by atoms with van der Waals surface area (Å²) in [5, 5.41) is 37.7. The molecule has 2 aromatic carbocycles. The highest BCUT2D eigenvalue weighted by molar-refractivity contribution is 6.33. The molecule has 0 saturated heterocycles. The van der Waals surface area contributed by atoms with E-state index < -0.39 is 0 Å². The molecule has 0 fully saturated rings. The van der Waals surface area contributed by atoms with Crippen LogP contribution in [-0.4, -0.2) is 27.0 Å². The second kappa shape index (κ2) is 9.30. The van der Waals surface area contributed by atoms with Gasteiger partial charge in [-0.1, -0.05) is 24.6 Å². The quantitative estimate of drug-likeness (QED) is 0.588. The second-order valence-corrected chi connectivity index (χ2v) is 5.53. The predicted octanol–water partition coefficient (Wildman–Crippen LogP) is 4.18. The zero-order valence-electron chi connectivity index (χ0n) is 14.0. The molecule has 0 unspecified atom stereocenters. The number of hydrogen-bond donors (Lipinski definition) is 3. The van der Waals surface area contributed by atoms with Crippen molar-refractivity contribution >= 4 is 17.3 Å². The second-order valence-electron chi connectivity index (χ2n) is 5.16. The van der Waals surface area contributed by atoms with Gasteiger partial charge < -0.3 is 19.9 Å². The first-order valence-corrected chi connectivity index (χ1v) is 8.15. The van der Waals surface area contributed by atoms with Crippen molar-refractivity contribution in [2.75, 3.05) is 11.9 Å². The Balaban J connectivity index is 0.000000189. The molecule has 8 heteroatoms. The molecule has 1 heterocycles. The van der Waals surface area contributed by atoms with E-state index in [9.17, 15) is 5.11 Å². The molecule has 0 aliphatic heterocycles. The van der Waals surface area contributed by atoms with Crippen LogP contribution in [0.15, 0.2) is 47.2 Å². The van der Waals surface area contributed by atoms with Crippen LogP contribution in [0.5, 0.6) is 11.5 Å². The Labute approximate surface area is 155 Å². The molecule has 3 rings (SSSR count). The first-order chi connectivity index (χ1) is 12.6. The first kappa shape index (κ1) is 19.1. The summed E-state index contributed by atoms with van der Waals surface area (Å²) in [4.78, 5) is 0. The molecular formula is C18H17ClN4O3. The van der Waals surface area contributed by atoms with Gasteiger partial charge in [-0.25, -0.2) is 0 Å². The summed E-state index contributed by atoms with van der Waals surface area (Å²) in [5.74, 6) is 0.538. The lowest BCUT2D eigenvalue weighted by Gasteiger charge is -2.08. The largest absolute Gasteiger partial charge is 0.508 e. The number of nitrogens with one attached hydrogen (secondary N) is 1. The maximum atomic E-state index is 9.59. The third-order valence-electron chi connectivity index (χ3n) is 3.26. The van der Waals surface area contributed by atoms with Crippen LogP contribution in [0.25, 0.3) is 11.5 Å². The minimum atomic E-state index is -0.0563. The molecule has 0 amide bonds. The predicted molar refractivity (Wildman–Crippen MR) is 98.0 cm³/mol. The maximum absolute atomic E-state index is 9.59. The van der Waals surface area contributed by atoms with Gasteiger partial charge in [-0.15, -0.1) is 10.2 Å². The van der Waals surface area contributed by atoms with Crippen LogP contribution in [0.3, 0.4) is 0 Å². The third kappa shape index (κ3) is 4.88. The Bertz CT molecular complexity index is 892. The van der Waals surface area contributed by atoms with E-state index in [2.05, 4.69) is 15.5 Å². The van der Waals surface area contributed by atoms with Crippen molar-refractivity contribution in [1.82, 2.24) is 10.2 Å². The summed E-state index contributed by atoms with van der Waals surface area (Å²) < 4.78 is 4.94. The molecule has 3 aromatic rings. The molecule has 26 heavy (non-hydrogen) atoms. The number of anilines is 1. The lowest BCUT2D eigenvalue weighted by Crippen LogP contribution is -2.00. The van der Waals surface area contributed by atoms with E-state index in [1.54, 1.807) is 36.4 Å². The topological polar surface area (TPSA) is 115 Å². The Hall–Kier alpha value is -3.24. The smallest absolute Gasteiger partial charge is 0.247 e. The maximum Gasteiger partial charge on any atom is 0.247 e. The van der Waals surface area contributed by atoms with Crippen molar-refractivity contribution in [2.24, 2.45) is 0 Å². The minimum absolute atomic E-state index is 0.0563. The third-order valence-corrected chi connectivity index (χ3v) is 3.64. The van der Waals surface area contributed by atoms with Crippen LogP contribution in [0.4, 0.5) is 5.69 Å². The van der Waals surface area contributed by atoms with Gasteiger partial charge in [0.1, 0.15) is 16.8 Å².